The van der Waals surface area contributed by atoms with E-state index in [4.69, 9.17) is 5.26 Å². The lowest BCUT2D eigenvalue weighted by molar-refractivity contribution is -0.132. The van der Waals surface area contributed by atoms with E-state index in [1.807, 2.05) is 6.07 Å². The summed E-state index contributed by atoms with van der Waals surface area (Å²) < 4.78 is 26.9. The topological polar surface area (TPSA) is 140 Å². The highest BCUT2D eigenvalue weighted by Gasteiger charge is 2.33. The Bertz CT molecular complexity index is 947. The van der Waals surface area contributed by atoms with Gasteiger partial charge in [-0.05, 0) is 18.6 Å². The van der Waals surface area contributed by atoms with Gasteiger partial charge in [0, 0.05) is 32.6 Å². The maximum absolute atomic E-state index is 12.8. The van der Waals surface area contributed by atoms with Gasteiger partial charge in [-0.1, -0.05) is 12.1 Å². The van der Waals surface area contributed by atoms with Crippen LogP contribution in [0.2, 0.25) is 0 Å². The van der Waals surface area contributed by atoms with Gasteiger partial charge in [-0.2, -0.15) is 9.57 Å². The van der Waals surface area contributed by atoms with E-state index < -0.39 is 28.0 Å². The van der Waals surface area contributed by atoms with Crippen LogP contribution in [0.5, 0.6) is 0 Å². The van der Waals surface area contributed by atoms with Crippen LogP contribution in [0.3, 0.4) is 0 Å². The summed E-state index contributed by atoms with van der Waals surface area (Å²) in [6.45, 7) is 0.676. The Labute approximate surface area is 162 Å². The fourth-order valence-electron chi connectivity index (χ4n) is 3.19. The first-order valence-corrected chi connectivity index (χ1v) is 10.2. The van der Waals surface area contributed by atoms with Gasteiger partial charge in [-0.3, -0.25) is 14.9 Å². The van der Waals surface area contributed by atoms with Gasteiger partial charge in [0.1, 0.15) is 12.1 Å². The molecular formula is C17H19N5O5S. The highest BCUT2D eigenvalue weighted by atomic mass is 32.2. The molecule has 2 aliphatic heterocycles. The van der Waals surface area contributed by atoms with E-state index >= 15 is 0 Å². The minimum Gasteiger partial charge on any atom is -0.340 e. The fourth-order valence-corrected chi connectivity index (χ4v) is 4.75. The molecule has 3 rings (SSSR count). The molecule has 2 heterocycles. The Morgan fingerprint density at radius 3 is 2.46 bits per heavy atom. The number of urea groups is 1. The summed E-state index contributed by atoms with van der Waals surface area (Å²) in [5.74, 6) is -0.659. The minimum absolute atomic E-state index is 0.0414. The SMILES string of the molecule is N#Cc1ccccc1S(=O)(=O)N1CCN(C(=O)CC[C@@H]2NC(=O)NC2=O)CC1. The predicted octanol–water partition coefficient (Wildman–Crippen LogP) is -0.621. The number of nitrogens with one attached hydrogen (secondary N) is 2. The molecule has 28 heavy (non-hydrogen) atoms. The molecular weight excluding hydrogens is 386 g/mol. The molecule has 2 N–H and O–H groups in total. The van der Waals surface area contributed by atoms with Crippen LogP contribution in [0.1, 0.15) is 18.4 Å². The van der Waals surface area contributed by atoms with Crippen LogP contribution in [0.25, 0.3) is 0 Å². The van der Waals surface area contributed by atoms with Crippen molar-refractivity contribution in [2.75, 3.05) is 26.2 Å². The fraction of sp³-hybridized carbons (Fsp3) is 0.412. The van der Waals surface area contributed by atoms with E-state index in [0.29, 0.717) is 0 Å². The number of carbonyl (C=O) groups excluding carboxylic acids is 3. The number of hydrogen-bond acceptors (Lipinski definition) is 6. The molecule has 2 saturated heterocycles. The van der Waals surface area contributed by atoms with Crippen molar-refractivity contribution >= 4 is 27.9 Å². The Kier molecular flexibility index (Phi) is 5.62. The summed E-state index contributed by atoms with van der Waals surface area (Å²) in [5.41, 5.74) is 0.0814. The minimum atomic E-state index is -3.82. The zero-order valence-electron chi connectivity index (χ0n) is 14.9. The number of nitrogens with zero attached hydrogens (tertiary/aromatic N) is 3. The molecule has 0 aromatic heterocycles. The largest absolute Gasteiger partial charge is 0.340 e. The van der Waals surface area contributed by atoms with E-state index in [9.17, 15) is 22.8 Å². The summed E-state index contributed by atoms with van der Waals surface area (Å²) in [6.07, 6.45) is 0.257. The first-order valence-electron chi connectivity index (χ1n) is 8.71. The van der Waals surface area contributed by atoms with Crippen LogP contribution in [-0.2, 0) is 19.6 Å². The van der Waals surface area contributed by atoms with Crippen LogP contribution in [0.4, 0.5) is 4.79 Å². The van der Waals surface area contributed by atoms with Crippen LogP contribution >= 0.6 is 0 Å². The van der Waals surface area contributed by atoms with Gasteiger partial charge in [0.25, 0.3) is 5.91 Å². The van der Waals surface area contributed by atoms with Gasteiger partial charge in [-0.15, -0.1) is 0 Å². The maximum atomic E-state index is 12.8. The highest BCUT2D eigenvalue weighted by molar-refractivity contribution is 7.89. The van der Waals surface area contributed by atoms with Crippen molar-refractivity contribution < 1.29 is 22.8 Å². The molecule has 11 heteroatoms. The summed E-state index contributed by atoms with van der Waals surface area (Å²) in [7, 11) is -3.82. The number of nitriles is 1. The summed E-state index contributed by atoms with van der Waals surface area (Å²) in [6, 6.07) is 6.60. The Morgan fingerprint density at radius 1 is 1.18 bits per heavy atom. The summed E-state index contributed by atoms with van der Waals surface area (Å²) in [5, 5.41) is 13.7. The number of carbonyl (C=O) groups is 3. The van der Waals surface area contributed by atoms with Gasteiger partial charge in [-0.25, -0.2) is 13.2 Å². The molecule has 0 bridgehead atoms. The normalized spacial score (nSPS) is 20.4. The van der Waals surface area contributed by atoms with Crippen molar-refractivity contribution in [1.82, 2.24) is 19.8 Å². The number of rotatable bonds is 5. The van der Waals surface area contributed by atoms with E-state index in [-0.39, 0.29) is 55.4 Å². The standard InChI is InChI=1S/C17H19N5O5S/c18-11-12-3-1-2-4-14(12)28(26,27)22-9-7-21(8-10-22)15(23)6-5-13-16(24)20-17(25)19-13/h1-4,13H,5-10H2,(H2,19,20,24,25)/t13-/m0/s1. The molecule has 1 aromatic carbocycles. The molecule has 2 fully saturated rings. The Balaban J connectivity index is 1.57. The summed E-state index contributed by atoms with van der Waals surface area (Å²) in [4.78, 5) is 36.4. The number of hydrogen-bond donors (Lipinski definition) is 2. The van der Waals surface area contributed by atoms with Crippen molar-refractivity contribution in [1.29, 1.82) is 5.26 Å². The molecule has 1 atom stereocenters. The predicted molar refractivity (Wildman–Crippen MR) is 96.2 cm³/mol. The molecule has 0 spiro atoms. The van der Waals surface area contributed by atoms with Gasteiger partial charge < -0.3 is 10.2 Å². The van der Waals surface area contributed by atoms with Crippen molar-refractivity contribution in [2.24, 2.45) is 0 Å². The van der Waals surface area contributed by atoms with Crippen LogP contribution in [0.15, 0.2) is 29.2 Å². The van der Waals surface area contributed by atoms with E-state index in [1.54, 1.807) is 12.1 Å². The molecule has 0 radical (unpaired) electrons. The lowest BCUT2D eigenvalue weighted by atomic mass is 10.1. The van der Waals surface area contributed by atoms with Gasteiger partial charge >= 0.3 is 6.03 Å². The quantitative estimate of drug-likeness (QED) is 0.626. The zero-order chi connectivity index (χ0) is 20.3. The van der Waals surface area contributed by atoms with Crippen molar-refractivity contribution in [3.8, 4) is 6.07 Å². The number of sulfonamides is 1. The Hall–Kier alpha value is -2.97. The van der Waals surface area contributed by atoms with Gasteiger partial charge in [0.2, 0.25) is 15.9 Å². The van der Waals surface area contributed by atoms with E-state index in [2.05, 4.69) is 10.6 Å². The molecule has 10 nitrogen and oxygen atoms in total. The number of amides is 4. The number of imide groups is 1. The first kappa shape index (κ1) is 19.8. The monoisotopic (exact) mass is 405 g/mol. The Morgan fingerprint density at radius 2 is 1.86 bits per heavy atom. The van der Waals surface area contributed by atoms with E-state index in [1.165, 1.54) is 21.3 Å². The summed E-state index contributed by atoms with van der Waals surface area (Å²) >= 11 is 0. The smallest absolute Gasteiger partial charge is 0.322 e. The molecule has 1 aromatic rings. The average Bonchev–Trinajstić information content (AvgIpc) is 3.03. The second kappa shape index (κ2) is 7.95. The third kappa shape index (κ3) is 3.97. The molecule has 0 aliphatic carbocycles. The van der Waals surface area contributed by atoms with Crippen LogP contribution in [0, 0.1) is 11.3 Å². The van der Waals surface area contributed by atoms with Crippen LogP contribution < -0.4 is 10.6 Å². The molecule has 4 amide bonds. The van der Waals surface area contributed by atoms with Gasteiger partial charge in [0.15, 0.2) is 0 Å². The number of benzene rings is 1. The first-order chi connectivity index (χ1) is 13.3. The lowest BCUT2D eigenvalue weighted by Gasteiger charge is -2.34. The van der Waals surface area contributed by atoms with E-state index in [0.717, 1.165) is 0 Å². The highest BCUT2D eigenvalue weighted by Crippen LogP contribution is 2.21. The van der Waals surface area contributed by atoms with Crippen molar-refractivity contribution in [3.63, 3.8) is 0 Å². The van der Waals surface area contributed by atoms with Crippen molar-refractivity contribution in [3.05, 3.63) is 29.8 Å². The molecule has 2 aliphatic rings. The van der Waals surface area contributed by atoms with Crippen LogP contribution in [-0.4, -0.2) is 67.7 Å². The third-order valence-corrected chi connectivity index (χ3v) is 6.68. The average molecular weight is 405 g/mol. The molecule has 0 unspecified atom stereocenters. The second-order valence-electron chi connectivity index (χ2n) is 6.45. The zero-order valence-corrected chi connectivity index (χ0v) is 15.7. The second-order valence-corrected chi connectivity index (χ2v) is 8.35. The molecule has 0 saturated carbocycles. The number of piperazine rings is 1. The molecule has 148 valence electrons. The third-order valence-electron chi connectivity index (χ3n) is 4.72. The maximum Gasteiger partial charge on any atom is 0.322 e. The lowest BCUT2D eigenvalue weighted by Crippen LogP contribution is -2.50. The van der Waals surface area contributed by atoms with Gasteiger partial charge in [0.05, 0.1) is 10.5 Å². The van der Waals surface area contributed by atoms with Crippen molar-refractivity contribution in [2.45, 2.75) is 23.8 Å².